The number of carbonyl (C=O) groups is 1. The van der Waals surface area contributed by atoms with Crippen LogP contribution in [0.2, 0.25) is 6.04 Å². The van der Waals surface area contributed by atoms with Crippen molar-refractivity contribution in [2.75, 3.05) is 34.5 Å². The molecule has 0 unspecified atom stereocenters. The zero-order valence-electron chi connectivity index (χ0n) is 12.9. The number of nitrogens with one attached hydrogen (secondary N) is 1. The van der Waals surface area contributed by atoms with E-state index in [9.17, 15) is 4.79 Å². The molecule has 0 aromatic heterocycles. The predicted octanol–water partition coefficient (Wildman–Crippen LogP) is 0.650. The number of carbonyl (C=O) groups excluding carboxylic acids is 1. The summed E-state index contributed by atoms with van der Waals surface area (Å²) in [5, 5.41) is 2.49. The summed E-state index contributed by atoms with van der Waals surface area (Å²) in [4.78, 5) is 11.2. The molecule has 0 saturated heterocycles. The van der Waals surface area contributed by atoms with Crippen molar-refractivity contribution in [3.63, 3.8) is 0 Å². The molecule has 20 heavy (non-hydrogen) atoms. The first kappa shape index (κ1) is 19.3. The predicted molar refractivity (Wildman–Crippen MR) is 74.9 cm³/mol. The Labute approximate surface area is 121 Å². The van der Waals surface area contributed by atoms with Gasteiger partial charge in [0.15, 0.2) is 0 Å². The molecular formula is C11H26N2O6Si. The molecule has 0 atom stereocenters. The van der Waals surface area contributed by atoms with Gasteiger partial charge in [0.2, 0.25) is 0 Å². The highest BCUT2D eigenvalue weighted by Crippen LogP contribution is 2.24. The van der Waals surface area contributed by atoms with Crippen molar-refractivity contribution >= 4 is 14.8 Å². The second-order valence-electron chi connectivity index (χ2n) is 3.90. The lowest BCUT2D eigenvalue weighted by Gasteiger charge is -2.35. The summed E-state index contributed by atoms with van der Waals surface area (Å²) in [6.45, 7) is 4.29. The van der Waals surface area contributed by atoms with E-state index in [-0.39, 0.29) is 0 Å². The zero-order valence-corrected chi connectivity index (χ0v) is 13.9. The summed E-state index contributed by atoms with van der Waals surface area (Å²) in [6, 6.07) is -0.331. The molecule has 3 N–H and O–H groups in total. The third-order valence-electron chi connectivity index (χ3n) is 2.76. The van der Waals surface area contributed by atoms with Crippen LogP contribution in [-0.2, 0) is 22.8 Å². The molecule has 120 valence electrons. The molecule has 0 spiro atoms. The fourth-order valence-electron chi connectivity index (χ4n) is 1.85. The lowest BCUT2D eigenvalue weighted by Crippen LogP contribution is -2.56. The first-order valence-electron chi connectivity index (χ1n) is 6.44. The maximum atomic E-state index is 11.2. The van der Waals surface area contributed by atoms with E-state index in [0.717, 1.165) is 0 Å². The van der Waals surface area contributed by atoms with Gasteiger partial charge in [-0.25, -0.2) is 4.79 Å². The van der Waals surface area contributed by atoms with Gasteiger partial charge in [-0.3, -0.25) is 5.32 Å². The van der Waals surface area contributed by atoms with Gasteiger partial charge in [0.25, 0.3) is 5.91 Å². The summed E-state index contributed by atoms with van der Waals surface area (Å²) in [6.07, 6.45) is 0.291. The molecule has 0 aliphatic heterocycles. The lowest BCUT2D eigenvalue weighted by molar-refractivity contribution is -0.246. The minimum absolute atomic E-state index is 0.291. The van der Waals surface area contributed by atoms with Gasteiger partial charge in [-0.05, 0) is 13.8 Å². The molecule has 0 radical (unpaired) electrons. The number of hydrogen-bond acceptors (Lipinski definition) is 6. The summed E-state index contributed by atoms with van der Waals surface area (Å²) in [7, 11) is 1.76. The summed E-state index contributed by atoms with van der Waals surface area (Å²) >= 11 is 0. The second kappa shape index (κ2) is 9.26. The van der Waals surface area contributed by atoms with E-state index >= 15 is 0 Å². The van der Waals surface area contributed by atoms with Crippen LogP contribution in [0.25, 0.3) is 0 Å². The fraction of sp³-hybridized carbons (Fsp3) is 0.909. The van der Waals surface area contributed by atoms with Gasteiger partial charge < -0.3 is 28.5 Å². The third-order valence-corrected chi connectivity index (χ3v) is 5.49. The highest BCUT2D eigenvalue weighted by atomic mass is 28.4. The monoisotopic (exact) mass is 310 g/mol. The smallest absolute Gasteiger partial charge is 0.377 e. The quantitative estimate of drug-likeness (QED) is 0.429. The van der Waals surface area contributed by atoms with E-state index in [0.29, 0.717) is 25.7 Å². The van der Waals surface area contributed by atoms with Crippen molar-refractivity contribution in [2.45, 2.75) is 32.2 Å². The Bertz CT molecular complexity index is 274. The van der Waals surface area contributed by atoms with Crippen molar-refractivity contribution in [2.24, 2.45) is 5.73 Å². The Kier molecular flexibility index (Phi) is 8.93. The van der Waals surface area contributed by atoms with Crippen LogP contribution < -0.4 is 11.1 Å². The normalized spacial score (nSPS) is 12.4. The van der Waals surface area contributed by atoms with E-state index in [1.807, 2.05) is 0 Å². The number of ether oxygens (including phenoxy) is 2. The van der Waals surface area contributed by atoms with Crippen LogP contribution in [-0.4, -0.2) is 55.3 Å². The number of nitrogens with two attached hydrogens (primary N) is 1. The van der Waals surface area contributed by atoms with Crippen LogP contribution >= 0.6 is 0 Å². The first-order chi connectivity index (χ1) is 9.43. The molecule has 8 nitrogen and oxygen atoms in total. The minimum Gasteiger partial charge on any atom is -0.377 e. The van der Waals surface area contributed by atoms with Crippen LogP contribution in [0.15, 0.2) is 0 Å². The summed E-state index contributed by atoms with van der Waals surface area (Å²) < 4.78 is 27.1. The van der Waals surface area contributed by atoms with Gasteiger partial charge >= 0.3 is 14.8 Å². The van der Waals surface area contributed by atoms with E-state index in [4.69, 9.17) is 28.5 Å². The minimum atomic E-state index is -2.79. The van der Waals surface area contributed by atoms with Crippen molar-refractivity contribution in [3.8, 4) is 0 Å². The first-order valence-corrected chi connectivity index (χ1v) is 8.37. The van der Waals surface area contributed by atoms with E-state index in [2.05, 4.69) is 5.32 Å². The zero-order chi connectivity index (χ0) is 15.6. The van der Waals surface area contributed by atoms with Crippen molar-refractivity contribution < 1.29 is 27.5 Å². The third kappa shape index (κ3) is 5.73. The highest BCUT2D eigenvalue weighted by Gasteiger charge is 2.43. The molecule has 0 aromatic rings. The number of rotatable bonds is 11. The SMILES string of the molecule is CCOC(CC[Si](OC)(OC)OC)(NC(N)=O)OCC. The average Bonchev–Trinajstić information content (AvgIpc) is 2.41. The van der Waals surface area contributed by atoms with Gasteiger partial charge in [-0.15, -0.1) is 0 Å². The van der Waals surface area contributed by atoms with Crippen LogP contribution in [0.1, 0.15) is 20.3 Å². The number of primary amides is 1. The molecule has 9 heteroatoms. The van der Waals surface area contributed by atoms with Gasteiger partial charge in [-0.2, -0.15) is 0 Å². The molecule has 0 saturated carbocycles. The maximum absolute atomic E-state index is 11.2. The standard InChI is InChI=1S/C11H26N2O6Si/c1-6-18-11(19-7-2,13-10(12)14)8-9-20(15-3,16-4)17-5/h6-9H2,1-5H3,(H3,12,13,14). The average molecular weight is 310 g/mol. The van der Waals surface area contributed by atoms with Crippen molar-refractivity contribution in [1.82, 2.24) is 5.32 Å². The maximum Gasteiger partial charge on any atom is 0.500 e. The Balaban J connectivity index is 4.97. The van der Waals surface area contributed by atoms with E-state index in [1.165, 1.54) is 21.3 Å². The molecule has 2 amide bonds. The Morgan fingerprint density at radius 1 is 1.10 bits per heavy atom. The van der Waals surface area contributed by atoms with E-state index < -0.39 is 20.7 Å². The highest BCUT2D eigenvalue weighted by molar-refractivity contribution is 6.60. The van der Waals surface area contributed by atoms with Crippen molar-refractivity contribution in [3.05, 3.63) is 0 Å². The molecule has 0 aromatic carbocycles. The number of hydrogen-bond donors (Lipinski definition) is 2. The molecule has 0 aliphatic rings. The van der Waals surface area contributed by atoms with Crippen LogP contribution in [0.3, 0.4) is 0 Å². The Morgan fingerprint density at radius 3 is 1.85 bits per heavy atom. The van der Waals surface area contributed by atoms with Gasteiger partial charge in [0, 0.05) is 47.0 Å². The Hall–Kier alpha value is -0.713. The van der Waals surface area contributed by atoms with Crippen LogP contribution in [0.4, 0.5) is 4.79 Å². The van der Waals surface area contributed by atoms with Gasteiger partial charge in [-0.1, -0.05) is 0 Å². The number of amides is 2. The fourth-order valence-corrected chi connectivity index (χ4v) is 3.60. The molecule has 0 heterocycles. The van der Waals surface area contributed by atoms with E-state index in [1.54, 1.807) is 13.8 Å². The molecule has 0 fully saturated rings. The number of urea groups is 1. The van der Waals surface area contributed by atoms with Crippen LogP contribution in [0.5, 0.6) is 0 Å². The summed E-state index contributed by atoms with van der Waals surface area (Å²) in [5.74, 6) is -1.30. The Morgan fingerprint density at radius 2 is 1.55 bits per heavy atom. The second-order valence-corrected chi connectivity index (χ2v) is 6.99. The topological polar surface area (TPSA) is 101 Å². The molecule has 0 aliphatic carbocycles. The largest absolute Gasteiger partial charge is 0.500 e. The summed E-state index contributed by atoms with van der Waals surface area (Å²) in [5.41, 5.74) is 5.18. The van der Waals surface area contributed by atoms with Gasteiger partial charge in [0.1, 0.15) is 0 Å². The molecule has 0 bridgehead atoms. The van der Waals surface area contributed by atoms with Gasteiger partial charge in [0.05, 0.1) is 0 Å². The van der Waals surface area contributed by atoms with Crippen LogP contribution in [0, 0.1) is 0 Å². The molecule has 0 rings (SSSR count). The van der Waals surface area contributed by atoms with Crippen molar-refractivity contribution in [1.29, 1.82) is 0 Å². The lowest BCUT2D eigenvalue weighted by atomic mass is 10.3. The molecular weight excluding hydrogens is 284 g/mol.